The fraction of sp³-hybridized carbons (Fsp3) is 0.308. The third-order valence-electron chi connectivity index (χ3n) is 6.86. The van der Waals surface area contributed by atoms with Crippen molar-refractivity contribution in [2.45, 2.75) is 29.9 Å². The number of hydrogen-bond acceptors (Lipinski definition) is 8. The number of morpholine rings is 1. The molecule has 2 amide bonds. The van der Waals surface area contributed by atoms with Crippen LogP contribution in [0.5, 0.6) is 0 Å². The van der Waals surface area contributed by atoms with E-state index in [0.717, 1.165) is 54.6 Å². The fourth-order valence-corrected chi connectivity index (χ4v) is 5.58. The Labute approximate surface area is 219 Å². The van der Waals surface area contributed by atoms with Crippen molar-refractivity contribution in [3.05, 3.63) is 54.7 Å². The number of carbonyl (C=O) groups excluding carboxylic acids is 1. The highest BCUT2D eigenvalue weighted by atomic mass is 32.2. The average Bonchev–Trinajstić information content (AvgIpc) is 3.44. The van der Waals surface area contributed by atoms with Gasteiger partial charge in [-0.2, -0.15) is 5.10 Å². The number of carbonyl (C=O) groups is 1. The first-order valence-corrected chi connectivity index (χ1v) is 14.2. The molecule has 2 N–H and O–H groups in total. The molecular weight excluding hydrogens is 506 g/mol. The Kier molecular flexibility index (Phi) is 6.00. The van der Waals surface area contributed by atoms with Crippen molar-refractivity contribution in [2.24, 2.45) is 7.05 Å². The number of fused-ring (bicyclic) bond motifs is 3. The normalized spacial score (nSPS) is 19.1. The lowest BCUT2D eigenvalue weighted by molar-refractivity contribution is 0.0303. The van der Waals surface area contributed by atoms with Gasteiger partial charge in [0.1, 0.15) is 5.82 Å². The van der Waals surface area contributed by atoms with E-state index >= 15 is 0 Å². The number of amides is 2. The monoisotopic (exact) mass is 533 g/mol. The van der Waals surface area contributed by atoms with Gasteiger partial charge >= 0.3 is 6.03 Å². The Balaban J connectivity index is 1.20. The molecule has 0 saturated carbocycles. The lowest BCUT2D eigenvalue weighted by Gasteiger charge is -2.33. The molecule has 2 saturated heterocycles. The summed E-state index contributed by atoms with van der Waals surface area (Å²) in [6.45, 7) is 1.60. The van der Waals surface area contributed by atoms with Gasteiger partial charge < -0.3 is 20.3 Å². The van der Waals surface area contributed by atoms with Crippen molar-refractivity contribution in [3.63, 3.8) is 0 Å². The zero-order valence-corrected chi connectivity index (χ0v) is 21.8. The number of hydrogen-bond donors (Lipinski definition) is 2. The molecular formula is C26H27N7O4S. The van der Waals surface area contributed by atoms with E-state index in [4.69, 9.17) is 14.7 Å². The Morgan fingerprint density at radius 3 is 2.16 bits per heavy atom. The number of sulfone groups is 1. The van der Waals surface area contributed by atoms with Crippen molar-refractivity contribution in [1.82, 2.24) is 19.7 Å². The molecule has 0 spiro atoms. The van der Waals surface area contributed by atoms with Crippen LogP contribution >= 0.6 is 0 Å². The van der Waals surface area contributed by atoms with Gasteiger partial charge in [-0.25, -0.2) is 23.2 Å². The zero-order valence-electron chi connectivity index (χ0n) is 21.0. The minimum absolute atomic E-state index is 0.190. The number of aromatic nitrogens is 4. The van der Waals surface area contributed by atoms with E-state index in [1.165, 1.54) is 12.1 Å². The number of anilines is 3. The van der Waals surface area contributed by atoms with Crippen LogP contribution in [0.1, 0.15) is 12.8 Å². The lowest BCUT2D eigenvalue weighted by Crippen LogP contribution is -2.43. The van der Waals surface area contributed by atoms with Gasteiger partial charge in [-0.3, -0.25) is 4.68 Å². The molecule has 2 atom stereocenters. The maximum Gasteiger partial charge on any atom is 0.323 e. The smallest absolute Gasteiger partial charge is 0.323 e. The van der Waals surface area contributed by atoms with Crippen LogP contribution in [0.4, 0.5) is 22.0 Å². The van der Waals surface area contributed by atoms with E-state index in [1.807, 2.05) is 25.4 Å². The number of nitrogens with zero attached hydrogens (tertiary/aromatic N) is 5. The second-order valence-electron chi connectivity index (χ2n) is 9.69. The first kappa shape index (κ1) is 24.3. The van der Waals surface area contributed by atoms with E-state index in [1.54, 1.807) is 28.9 Å². The van der Waals surface area contributed by atoms with Crippen molar-refractivity contribution >= 4 is 44.1 Å². The van der Waals surface area contributed by atoms with Gasteiger partial charge in [0.25, 0.3) is 0 Å². The largest absolute Gasteiger partial charge is 0.371 e. The predicted octanol–water partition coefficient (Wildman–Crippen LogP) is 3.45. The van der Waals surface area contributed by atoms with Crippen LogP contribution in [0.2, 0.25) is 0 Å². The van der Waals surface area contributed by atoms with Gasteiger partial charge in [-0.15, -0.1) is 0 Å². The highest BCUT2D eigenvalue weighted by molar-refractivity contribution is 7.90. The predicted molar refractivity (Wildman–Crippen MR) is 144 cm³/mol. The third-order valence-corrected chi connectivity index (χ3v) is 7.98. The molecule has 11 nitrogen and oxygen atoms in total. The standard InChI is InChI=1S/C26H27N7O4S/c1-32-24-22(13-27-32)25(33-14-19-9-10-20(15-33)37-19)31-23(30-24)16-3-5-17(6-4-16)28-26(34)29-18-7-11-21(12-8-18)38(2,35)36/h3-8,11-13,19-20H,9-10,14-15H2,1-2H3,(H2,28,29,34). The molecule has 2 aromatic carbocycles. The van der Waals surface area contributed by atoms with E-state index in [0.29, 0.717) is 17.2 Å². The fourth-order valence-electron chi connectivity index (χ4n) is 4.95. The second kappa shape index (κ2) is 9.37. The van der Waals surface area contributed by atoms with Crippen molar-refractivity contribution in [2.75, 3.05) is 34.9 Å². The summed E-state index contributed by atoms with van der Waals surface area (Å²) in [5.74, 6) is 1.44. The Bertz CT molecular complexity index is 1610. The van der Waals surface area contributed by atoms with Gasteiger partial charge in [0.15, 0.2) is 21.3 Å². The van der Waals surface area contributed by atoms with Crippen LogP contribution in [0, 0.1) is 0 Å². The average molecular weight is 534 g/mol. The second-order valence-corrected chi connectivity index (χ2v) is 11.7. The molecule has 2 fully saturated rings. The maximum absolute atomic E-state index is 12.5. The molecule has 0 aliphatic carbocycles. The van der Waals surface area contributed by atoms with Crippen LogP contribution in [0.15, 0.2) is 59.6 Å². The molecule has 4 aromatic rings. The molecule has 6 rings (SSSR count). The zero-order chi connectivity index (χ0) is 26.4. The van der Waals surface area contributed by atoms with Crippen molar-refractivity contribution in [1.29, 1.82) is 0 Å². The molecule has 38 heavy (non-hydrogen) atoms. The number of urea groups is 1. The summed E-state index contributed by atoms with van der Waals surface area (Å²) in [4.78, 5) is 24.6. The lowest BCUT2D eigenvalue weighted by atomic mass is 10.2. The molecule has 0 radical (unpaired) electrons. The number of aryl methyl sites for hydroxylation is 1. The van der Waals surface area contributed by atoms with Crippen LogP contribution in [0.25, 0.3) is 22.4 Å². The SMILES string of the molecule is Cn1ncc2c(N3CC4CCC(C3)O4)nc(-c3ccc(NC(=O)Nc4ccc(S(C)(=O)=O)cc4)cc3)nc21. The van der Waals surface area contributed by atoms with Crippen LogP contribution in [-0.2, 0) is 21.6 Å². The first-order chi connectivity index (χ1) is 18.2. The van der Waals surface area contributed by atoms with E-state index in [2.05, 4.69) is 20.6 Å². The first-order valence-electron chi connectivity index (χ1n) is 12.3. The summed E-state index contributed by atoms with van der Waals surface area (Å²) in [6.07, 6.45) is 5.55. The topological polar surface area (TPSA) is 131 Å². The summed E-state index contributed by atoms with van der Waals surface area (Å²) >= 11 is 0. The minimum Gasteiger partial charge on any atom is -0.371 e. The van der Waals surface area contributed by atoms with Crippen LogP contribution in [-0.4, -0.2) is 65.8 Å². The molecule has 2 aliphatic heterocycles. The van der Waals surface area contributed by atoms with E-state index in [-0.39, 0.29) is 17.1 Å². The van der Waals surface area contributed by atoms with Crippen LogP contribution in [0.3, 0.4) is 0 Å². The minimum atomic E-state index is -3.30. The number of benzene rings is 2. The molecule has 2 bridgehead atoms. The Hall–Kier alpha value is -4.03. The maximum atomic E-state index is 12.5. The molecule has 4 heterocycles. The van der Waals surface area contributed by atoms with Gasteiger partial charge in [0, 0.05) is 43.3 Å². The summed E-state index contributed by atoms with van der Waals surface area (Å²) in [5.41, 5.74) is 2.64. The molecule has 2 aliphatic rings. The van der Waals surface area contributed by atoms with E-state index < -0.39 is 15.9 Å². The molecule has 2 aromatic heterocycles. The molecule has 196 valence electrons. The van der Waals surface area contributed by atoms with Crippen LogP contribution < -0.4 is 15.5 Å². The Morgan fingerprint density at radius 1 is 0.947 bits per heavy atom. The summed E-state index contributed by atoms with van der Waals surface area (Å²) in [7, 11) is -1.43. The van der Waals surface area contributed by atoms with E-state index in [9.17, 15) is 13.2 Å². The summed E-state index contributed by atoms with van der Waals surface area (Å²) in [5, 5.41) is 10.8. The molecule has 12 heteroatoms. The number of rotatable bonds is 5. The highest BCUT2D eigenvalue weighted by Crippen LogP contribution is 2.33. The van der Waals surface area contributed by atoms with Gasteiger partial charge in [0.2, 0.25) is 0 Å². The molecule has 2 unspecified atom stereocenters. The quantitative estimate of drug-likeness (QED) is 0.399. The third kappa shape index (κ3) is 4.79. The highest BCUT2D eigenvalue weighted by Gasteiger charge is 2.35. The van der Waals surface area contributed by atoms with Gasteiger partial charge in [-0.1, -0.05) is 0 Å². The summed E-state index contributed by atoms with van der Waals surface area (Å²) in [6, 6.07) is 12.8. The van der Waals surface area contributed by atoms with Gasteiger partial charge in [0.05, 0.1) is 28.7 Å². The van der Waals surface area contributed by atoms with Crippen molar-refractivity contribution < 1.29 is 17.9 Å². The van der Waals surface area contributed by atoms with Gasteiger partial charge in [-0.05, 0) is 61.4 Å². The summed E-state index contributed by atoms with van der Waals surface area (Å²) < 4.78 is 31.0. The number of ether oxygens (including phenoxy) is 1. The number of nitrogens with one attached hydrogen (secondary N) is 2. The Morgan fingerprint density at radius 2 is 1.55 bits per heavy atom. The van der Waals surface area contributed by atoms with Crippen molar-refractivity contribution in [3.8, 4) is 11.4 Å².